The first-order valence-electron chi connectivity index (χ1n) is 7.68. The van der Waals surface area contributed by atoms with Crippen LogP contribution < -0.4 is 10.3 Å². The number of aromatic nitrogens is 3. The number of benzene rings is 1. The Morgan fingerprint density at radius 3 is 2.46 bits per heavy atom. The maximum absolute atomic E-state index is 12.7. The Morgan fingerprint density at radius 2 is 1.92 bits per heavy atom. The van der Waals surface area contributed by atoms with Crippen molar-refractivity contribution < 1.29 is 4.74 Å². The summed E-state index contributed by atoms with van der Waals surface area (Å²) >= 11 is 1.33. The Morgan fingerprint density at radius 1 is 1.25 bits per heavy atom. The molecule has 2 rings (SSSR count). The molecule has 0 atom stereocenters. The number of nitrogens with zero attached hydrogens (tertiary/aromatic N) is 4. The van der Waals surface area contributed by atoms with Crippen molar-refractivity contribution >= 4 is 18.0 Å². The summed E-state index contributed by atoms with van der Waals surface area (Å²) in [7, 11) is 0. The van der Waals surface area contributed by atoms with Crippen LogP contribution in [0.2, 0.25) is 0 Å². The standard InChI is InChI=1S/C17H22N4O2S/c1-6-23-13-9-7-12(8-10-13)11-18-21-15(22)14(17(2,3)4)19-20-16(21)24-5/h7-11H,6H2,1-5H3/b18-11-. The third-order valence-corrected chi connectivity index (χ3v) is 3.84. The number of ether oxygens (including phenoxy) is 1. The fraction of sp³-hybridized carbons (Fsp3) is 0.412. The van der Waals surface area contributed by atoms with Crippen molar-refractivity contribution in [3.8, 4) is 5.75 Å². The molecule has 0 aliphatic heterocycles. The van der Waals surface area contributed by atoms with E-state index in [-0.39, 0.29) is 5.56 Å². The predicted octanol–water partition coefficient (Wildman–Crippen LogP) is 2.94. The van der Waals surface area contributed by atoms with Crippen molar-refractivity contribution in [3.63, 3.8) is 0 Å². The molecular formula is C17H22N4O2S. The molecule has 0 aliphatic carbocycles. The largest absolute Gasteiger partial charge is 0.494 e. The molecular weight excluding hydrogens is 324 g/mol. The first-order valence-corrected chi connectivity index (χ1v) is 8.90. The molecule has 0 unspecified atom stereocenters. The Kier molecular flexibility index (Phi) is 5.77. The van der Waals surface area contributed by atoms with E-state index in [9.17, 15) is 4.79 Å². The molecule has 0 saturated carbocycles. The van der Waals surface area contributed by atoms with E-state index < -0.39 is 5.41 Å². The maximum Gasteiger partial charge on any atom is 0.297 e. The molecule has 0 amide bonds. The zero-order valence-electron chi connectivity index (χ0n) is 14.6. The highest BCUT2D eigenvalue weighted by atomic mass is 32.2. The Balaban J connectivity index is 2.39. The van der Waals surface area contributed by atoms with Crippen molar-refractivity contribution in [2.75, 3.05) is 12.9 Å². The lowest BCUT2D eigenvalue weighted by Crippen LogP contribution is -2.32. The predicted molar refractivity (Wildman–Crippen MR) is 97.4 cm³/mol. The molecule has 1 aromatic heterocycles. The lowest BCUT2D eigenvalue weighted by atomic mass is 9.93. The van der Waals surface area contributed by atoms with Gasteiger partial charge in [0.15, 0.2) is 0 Å². The zero-order chi connectivity index (χ0) is 17.7. The first kappa shape index (κ1) is 18.2. The van der Waals surface area contributed by atoms with Gasteiger partial charge in [0.05, 0.1) is 12.8 Å². The van der Waals surface area contributed by atoms with Crippen LogP contribution >= 0.6 is 11.8 Å². The Hall–Kier alpha value is -2.15. The minimum atomic E-state index is -0.391. The number of rotatable bonds is 5. The van der Waals surface area contributed by atoms with Gasteiger partial charge in [0.25, 0.3) is 5.56 Å². The average Bonchev–Trinajstić information content (AvgIpc) is 2.54. The molecule has 128 valence electrons. The van der Waals surface area contributed by atoms with Crippen molar-refractivity contribution in [2.45, 2.75) is 38.3 Å². The van der Waals surface area contributed by atoms with E-state index in [2.05, 4.69) is 15.3 Å². The first-order chi connectivity index (χ1) is 11.4. The molecule has 0 bridgehead atoms. The van der Waals surface area contributed by atoms with Crippen LogP contribution in [0.3, 0.4) is 0 Å². The summed E-state index contributed by atoms with van der Waals surface area (Å²) in [6.07, 6.45) is 3.47. The van der Waals surface area contributed by atoms with Gasteiger partial charge in [-0.15, -0.1) is 10.2 Å². The zero-order valence-corrected chi connectivity index (χ0v) is 15.4. The van der Waals surface area contributed by atoms with E-state index >= 15 is 0 Å². The van der Waals surface area contributed by atoms with Crippen LogP contribution in [0.25, 0.3) is 0 Å². The van der Waals surface area contributed by atoms with Gasteiger partial charge in [-0.25, -0.2) is 0 Å². The molecule has 0 aliphatic rings. The van der Waals surface area contributed by atoms with Crippen LogP contribution in [-0.2, 0) is 5.41 Å². The Labute approximate surface area is 146 Å². The van der Waals surface area contributed by atoms with Crippen molar-refractivity contribution in [3.05, 3.63) is 45.9 Å². The lowest BCUT2D eigenvalue weighted by molar-refractivity contribution is 0.340. The number of thioether (sulfide) groups is 1. The molecule has 6 nitrogen and oxygen atoms in total. The van der Waals surface area contributed by atoms with Crippen LogP contribution in [-0.4, -0.2) is 34.0 Å². The molecule has 2 aromatic rings. The second-order valence-corrected chi connectivity index (χ2v) is 6.92. The number of hydrogen-bond acceptors (Lipinski definition) is 6. The Bertz CT molecular complexity index is 777. The molecule has 0 radical (unpaired) electrons. The van der Waals surface area contributed by atoms with Gasteiger partial charge in [-0.2, -0.15) is 9.78 Å². The monoisotopic (exact) mass is 346 g/mol. The van der Waals surface area contributed by atoms with Crippen LogP contribution in [0.1, 0.15) is 39.0 Å². The van der Waals surface area contributed by atoms with Gasteiger partial charge in [-0.3, -0.25) is 4.79 Å². The van der Waals surface area contributed by atoms with Gasteiger partial charge in [0.1, 0.15) is 11.4 Å². The summed E-state index contributed by atoms with van der Waals surface area (Å²) in [5.74, 6) is 0.803. The highest BCUT2D eigenvalue weighted by Crippen LogP contribution is 2.17. The summed E-state index contributed by atoms with van der Waals surface area (Å²) in [4.78, 5) is 12.7. The molecule has 24 heavy (non-hydrogen) atoms. The topological polar surface area (TPSA) is 69.4 Å². The van der Waals surface area contributed by atoms with E-state index in [1.54, 1.807) is 6.21 Å². The van der Waals surface area contributed by atoms with Crippen molar-refractivity contribution in [1.82, 2.24) is 14.9 Å². The molecule has 0 N–H and O–H groups in total. The summed E-state index contributed by atoms with van der Waals surface area (Å²) in [5, 5.41) is 13.0. The van der Waals surface area contributed by atoms with Gasteiger partial charge in [-0.05, 0) is 43.0 Å². The highest BCUT2D eigenvalue weighted by molar-refractivity contribution is 7.98. The molecule has 0 saturated heterocycles. The van der Waals surface area contributed by atoms with Gasteiger partial charge in [0.2, 0.25) is 5.16 Å². The molecule has 1 aromatic carbocycles. The van der Waals surface area contributed by atoms with Crippen LogP contribution in [0.5, 0.6) is 5.75 Å². The second-order valence-electron chi connectivity index (χ2n) is 6.15. The van der Waals surface area contributed by atoms with Crippen LogP contribution in [0.15, 0.2) is 39.3 Å². The van der Waals surface area contributed by atoms with E-state index in [0.29, 0.717) is 17.5 Å². The van der Waals surface area contributed by atoms with Crippen LogP contribution in [0, 0.1) is 0 Å². The molecule has 1 heterocycles. The second kappa shape index (κ2) is 7.61. The van der Waals surface area contributed by atoms with E-state index in [4.69, 9.17) is 4.74 Å². The minimum absolute atomic E-state index is 0.246. The lowest BCUT2D eigenvalue weighted by Gasteiger charge is -2.16. The summed E-state index contributed by atoms with van der Waals surface area (Å²) in [6.45, 7) is 8.35. The van der Waals surface area contributed by atoms with Crippen molar-refractivity contribution in [2.24, 2.45) is 5.10 Å². The smallest absolute Gasteiger partial charge is 0.297 e. The van der Waals surface area contributed by atoms with E-state index in [1.165, 1.54) is 16.4 Å². The average molecular weight is 346 g/mol. The van der Waals surface area contributed by atoms with Gasteiger partial charge in [0, 0.05) is 5.41 Å². The summed E-state index contributed by atoms with van der Waals surface area (Å²) in [5.41, 5.74) is 0.622. The van der Waals surface area contributed by atoms with Gasteiger partial charge >= 0.3 is 0 Å². The highest BCUT2D eigenvalue weighted by Gasteiger charge is 2.23. The van der Waals surface area contributed by atoms with Crippen LogP contribution in [0.4, 0.5) is 0 Å². The maximum atomic E-state index is 12.7. The van der Waals surface area contributed by atoms with Gasteiger partial charge in [-0.1, -0.05) is 32.5 Å². The van der Waals surface area contributed by atoms with E-state index in [1.807, 2.05) is 58.2 Å². The molecule has 0 spiro atoms. The third-order valence-electron chi connectivity index (χ3n) is 3.22. The molecule has 7 heteroatoms. The van der Waals surface area contributed by atoms with Gasteiger partial charge < -0.3 is 4.74 Å². The summed E-state index contributed by atoms with van der Waals surface area (Å²) < 4.78 is 6.71. The summed E-state index contributed by atoms with van der Waals surface area (Å²) in [6, 6.07) is 7.51. The SMILES string of the molecule is CCOc1ccc(/C=N\n2c(SC)nnc(C(C)(C)C)c2=O)cc1. The quantitative estimate of drug-likeness (QED) is 0.615. The third kappa shape index (κ3) is 4.23. The molecule has 0 fully saturated rings. The fourth-order valence-electron chi connectivity index (χ4n) is 2.01. The normalized spacial score (nSPS) is 11.9. The number of hydrogen-bond donors (Lipinski definition) is 0. The fourth-order valence-corrected chi connectivity index (χ4v) is 2.43. The van der Waals surface area contributed by atoms with Crippen molar-refractivity contribution in [1.29, 1.82) is 0 Å². The van der Waals surface area contributed by atoms with E-state index in [0.717, 1.165) is 11.3 Å². The minimum Gasteiger partial charge on any atom is -0.494 e.